The van der Waals surface area contributed by atoms with Crippen LogP contribution in [0.5, 0.6) is 5.75 Å². The van der Waals surface area contributed by atoms with Crippen molar-refractivity contribution < 1.29 is 9.84 Å². The minimum absolute atomic E-state index is 0.325. The van der Waals surface area contributed by atoms with Crippen molar-refractivity contribution in [3.8, 4) is 5.75 Å². The molecular weight excluding hydrogens is 214 g/mol. The maximum Gasteiger partial charge on any atom is 0.125 e. The van der Waals surface area contributed by atoms with Crippen molar-refractivity contribution in [1.29, 1.82) is 0 Å². The SMILES string of the molecule is Cc1cccc(C)c1OC[C@@H](O)CNC(C)C. The number of para-hydroxylation sites is 1. The van der Waals surface area contributed by atoms with Crippen LogP contribution in [-0.4, -0.2) is 30.4 Å². The van der Waals surface area contributed by atoms with E-state index in [1.54, 1.807) is 0 Å². The molecule has 0 aliphatic heterocycles. The van der Waals surface area contributed by atoms with Crippen molar-refractivity contribution in [2.24, 2.45) is 0 Å². The number of rotatable bonds is 6. The number of hydrogen-bond donors (Lipinski definition) is 2. The van der Waals surface area contributed by atoms with Gasteiger partial charge in [-0.1, -0.05) is 32.0 Å². The van der Waals surface area contributed by atoms with E-state index in [-0.39, 0.29) is 0 Å². The summed E-state index contributed by atoms with van der Waals surface area (Å²) in [4.78, 5) is 0. The standard InChI is InChI=1S/C14H23NO2/c1-10(2)15-8-13(16)9-17-14-11(3)6-5-7-12(14)4/h5-7,10,13,15-16H,8-9H2,1-4H3/t13-/m0/s1. The monoisotopic (exact) mass is 237 g/mol. The number of aliphatic hydroxyl groups excluding tert-OH is 1. The fraction of sp³-hybridized carbons (Fsp3) is 0.571. The van der Waals surface area contributed by atoms with Gasteiger partial charge in [-0.25, -0.2) is 0 Å². The number of aryl methyl sites for hydroxylation is 2. The van der Waals surface area contributed by atoms with Crippen molar-refractivity contribution in [2.75, 3.05) is 13.2 Å². The Morgan fingerprint density at radius 1 is 1.24 bits per heavy atom. The Labute approximate surface area is 104 Å². The Morgan fingerprint density at radius 2 is 1.82 bits per heavy atom. The molecule has 1 atom stereocenters. The third kappa shape index (κ3) is 4.75. The molecule has 0 spiro atoms. The smallest absolute Gasteiger partial charge is 0.125 e. The quantitative estimate of drug-likeness (QED) is 0.795. The summed E-state index contributed by atoms with van der Waals surface area (Å²) < 4.78 is 5.67. The first-order valence-electron chi connectivity index (χ1n) is 6.11. The van der Waals surface area contributed by atoms with Gasteiger partial charge in [0, 0.05) is 12.6 Å². The number of aliphatic hydroxyl groups is 1. The Balaban J connectivity index is 2.44. The molecule has 0 fully saturated rings. The molecule has 0 radical (unpaired) electrons. The average molecular weight is 237 g/mol. The van der Waals surface area contributed by atoms with Crippen molar-refractivity contribution in [3.63, 3.8) is 0 Å². The summed E-state index contributed by atoms with van der Waals surface area (Å²) >= 11 is 0. The van der Waals surface area contributed by atoms with E-state index in [9.17, 15) is 5.11 Å². The van der Waals surface area contributed by atoms with Gasteiger partial charge in [-0.2, -0.15) is 0 Å². The van der Waals surface area contributed by atoms with Gasteiger partial charge in [0.25, 0.3) is 0 Å². The zero-order valence-electron chi connectivity index (χ0n) is 11.2. The molecule has 3 nitrogen and oxygen atoms in total. The lowest BCUT2D eigenvalue weighted by Gasteiger charge is -2.17. The van der Waals surface area contributed by atoms with Crippen LogP contribution in [0.4, 0.5) is 0 Å². The molecule has 0 heterocycles. The molecule has 1 aromatic rings. The summed E-state index contributed by atoms with van der Waals surface area (Å²) in [5, 5.41) is 12.9. The summed E-state index contributed by atoms with van der Waals surface area (Å²) in [6.45, 7) is 9.02. The Kier molecular flexibility index (Phi) is 5.45. The minimum atomic E-state index is -0.476. The van der Waals surface area contributed by atoms with Gasteiger partial charge in [0.05, 0.1) is 0 Å². The fourth-order valence-corrected chi connectivity index (χ4v) is 1.64. The van der Waals surface area contributed by atoms with Crippen molar-refractivity contribution in [3.05, 3.63) is 29.3 Å². The Bertz CT molecular complexity index is 330. The number of nitrogens with one attached hydrogen (secondary N) is 1. The number of hydrogen-bond acceptors (Lipinski definition) is 3. The number of benzene rings is 1. The second-order valence-electron chi connectivity index (χ2n) is 4.75. The van der Waals surface area contributed by atoms with Crippen LogP contribution < -0.4 is 10.1 Å². The summed E-state index contributed by atoms with van der Waals surface area (Å²) in [6, 6.07) is 6.42. The van der Waals surface area contributed by atoms with Gasteiger partial charge in [0.1, 0.15) is 18.5 Å². The minimum Gasteiger partial charge on any atom is -0.490 e. The fourth-order valence-electron chi connectivity index (χ4n) is 1.64. The molecular formula is C14H23NO2. The molecule has 0 saturated carbocycles. The zero-order chi connectivity index (χ0) is 12.8. The zero-order valence-corrected chi connectivity index (χ0v) is 11.2. The number of ether oxygens (including phenoxy) is 1. The van der Waals surface area contributed by atoms with Gasteiger partial charge in [-0.05, 0) is 25.0 Å². The van der Waals surface area contributed by atoms with E-state index in [0.29, 0.717) is 19.2 Å². The Morgan fingerprint density at radius 3 is 2.35 bits per heavy atom. The average Bonchev–Trinajstić information content (AvgIpc) is 2.25. The molecule has 1 rings (SSSR count). The van der Waals surface area contributed by atoms with Crippen molar-refractivity contribution >= 4 is 0 Å². The third-order valence-corrected chi connectivity index (χ3v) is 2.59. The maximum absolute atomic E-state index is 9.75. The molecule has 0 unspecified atom stereocenters. The van der Waals surface area contributed by atoms with Crippen LogP contribution >= 0.6 is 0 Å². The van der Waals surface area contributed by atoms with Crippen molar-refractivity contribution in [2.45, 2.75) is 39.8 Å². The molecule has 3 heteroatoms. The Hall–Kier alpha value is -1.06. The molecule has 0 aliphatic rings. The first-order chi connectivity index (χ1) is 8.00. The predicted molar refractivity (Wildman–Crippen MR) is 70.6 cm³/mol. The molecule has 0 aliphatic carbocycles. The molecule has 0 aromatic heterocycles. The molecule has 17 heavy (non-hydrogen) atoms. The van der Waals surface area contributed by atoms with Gasteiger partial charge in [0.15, 0.2) is 0 Å². The lowest BCUT2D eigenvalue weighted by Crippen LogP contribution is -2.35. The highest BCUT2D eigenvalue weighted by molar-refractivity contribution is 5.39. The van der Waals surface area contributed by atoms with Crippen LogP contribution in [0, 0.1) is 13.8 Å². The molecule has 2 N–H and O–H groups in total. The van der Waals surface area contributed by atoms with E-state index < -0.39 is 6.10 Å². The summed E-state index contributed by atoms with van der Waals surface area (Å²) in [5.74, 6) is 0.885. The molecule has 0 amide bonds. The van der Waals surface area contributed by atoms with E-state index in [4.69, 9.17) is 4.74 Å². The van der Waals surface area contributed by atoms with Gasteiger partial charge < -0.3 is 15.2 Å². The molecule has 0 saturated heterocycles. The lowest BCUT2D eigenvalue weighted by molar-refractivity contribution is 0.104. The van der Waals surface area contributed by atoms with E-state index in [0.717, 1.165) is 16.9 Å². The van der Waals surface area contributed by atoms with Gasteiger partial charge >= 0.3 is 0 Å². The summed E-state index contributed by atoms with van der Waals surface area (Å²) in [7, 11) is 0. The summed E-state index contributed by atoms with van der Waals surface area (Å²) in [6.07, 6.45) is -0.476. The van der Waals surface area contributed by atoms with Gasteiger partial charge in [-0.15, -0.1) is 0 Å². The van der Waals surface area contributed by atoms with E-state index in [1.165, 1.54) is 0 Å². The summed E-state index contributed by atoms with van der Waals surface area (Å²) in [5.41, 5.74) is 2.21. The lowest BCUT2D eigenvalue weighted by atomic mass is 10.1. The van der Waals surface area contributed by atoms with E-state index in [2.05, 4.69) is 19.2 Å². The van der Waals surface area contributed by atoms with Crippen molar-refractivity contribution in [1.82, 2.24) is 5.32 Å². The van der Waals surface area contributed by atoms with Crippen LogP contribution in [0.25, 0.3) is 0 Å². The third-order valence-electron chi connectivity index (χ3n) is 2.59. The second kappa shape index (κ2) is 6.62. The second-order valence-corrected chi connectivity index (χ2v) is 4.75. The topological polar surface area (TPSA) is 41.5 Å². The highest BCUT2D eigenvalue weighted by Crippen LogP contribution is 2.22. The van der Waals surface area contributed by atoms with Crippen LogP contribution in [-0.2, 0) is 0 Å². The van der Waals surface area contributed by atoms with Crippen LogP contribution in [0.2, 0.25) is 0 Å². The van der Waals surface area contributed by atoms with Crippen LogP contribution in [0.1, 0.15) is 25.0 Å². The molecule has 96 valence electrons. The van der Waals surface area contributed by atoms with Gasteiger partial charge in [-0.3, -0.25) is 0 Å². The van der Waals surface area contributed by atoms with Crippen LogP contribution in [0.3, 0.4) is 0 Å². The van der Waals surface area contributed by atoms with Gasteiger partial charge in [0.2, 0.25) is 0 Å². The van der Waals surface area contributed by atoms with E-state index >= 15 is 0 Å². The maximum atomic E-state index is 9.75. The highest BCUT2D eigenvalue weighted by Gasteiger charge is 2.08. The largest absolute Gasteiger partial charge is 0.490 e. The predicted octanol–water partition coefficient (Wildman–Crippen LogP) is 2.04. The molecule has 0 bridgehead atoms. The van der Waals surface area contributed by atoms with Crippen LogP contribution in [0.15, 0.2) is 18.2 Å². The first kappa shape index (κ1) is 14.0. The normalized spacial score (nSPS) is 12.8. The molecule has 1 aromatic carbocycles. The highest BCUT2D eigenvalue weighted by atomic mass is 16.5. The first-order valence-corrected chi connectivity index (χ1v) is 6.11. The van der Waals surface area contributed by atoms with E-state index in [1.807, 2.05) is 32.0 Å².